The van der Waals surface area contributed by atoms with Gasteiger partial charge in [0.15, 0.2) is 6.61 Å². The predicted molar refractivity (Wildman–Crippen MR) is 99.1 cm³/mol. The highest BCUT2D eigenvalue weighted by molar-refractivity contribution is 7.10. The zero-order valence-electron chi connectivity index (χ0n) is 14.6. The van der Waals surface area contributed by atoms with Gasteiger partial charge in [0.25, 0.3) is 11.6 Å². The first-order valence-electron chi connectivity index (χ1n) is 8.53. The van der Waals surface area contributed by atoms with Crippen LogP contribution in [0, 0.1) is 10.1 Å². The zero-order valence-corrected chi connectivity index (χ0v) is 15.4. The third-order valence-corrected chi connectivity index (χ3v) is 5.98. The molecule has 27 heavy (non-hydrogen) atoms. The molecule has 8 nitrogen and oxygen atoms in total. The van der Waals surface area contributed by atoms with Gasteiger partial charge in [0.05, 0.1) is 16.7 Å². The number of non-ortho nitro benzene ring substituents is 1. The van der Waals surface area contributed by atoms with E-state index in [4.69, 9.17) is 4.74 Å². The number of benzene rings is 1. The first kappa shape index (κ1) is 17.5. The van der Waals surface area contributed by atoms with Crippen molar-refractivity contribution in [3.63, 3.8) is 0 Å². The number of fused-ring (bicyclic) bond motifs is 2. The van der Waals surface area contributed by atoms with E-state index in [1.54, 1.807) is 16.2 Å². The van der Waals surface area contributed by atoms with E-state index in [0.29, 0.717) is 12.3 Å². The lowest BCUT2D eigenvalue weighted by atomic mass is 10.0. The summed E-state index contributed by atoms with van der Waals surface area (Å²) in [6.07, 6.45) is 0.794. The fraction of sp³-hybridized carbons (Fsp3) is 0.333. The van der Waals surface area contributed by atoms with Gasteiger partial charge in [-0.3, -0.25) is 24.6 Å². The van der Waals surface area contributed by atoms with Crippen LogP contribution in [0.4, 0.5) is 11.4 Å². The number of amides is 2. The second-order valence-electron chi connectivity index (χ2n) is 6.49. The molecule has 0 N–H and O–H groups in total. The van der Waals surface area contributed by atoms with Crippen LogP contribution in [0.1, 0.15) is 23.4 Å². The topological polar surface area (TPSA) is 93.0 Å². The highest BCUT2D eigenvalue weighted by atomic mass is 32.1. The number of rotatable bonds is 3. The molecule has 0 aliphatic carbocycles. The zero-order chi connectivity index (χ0) is 19.1. The number of anilines is 1. The summed E-state index contributed by atoms with van der Waals surface area (Å²) in [5.74, 6) is -0.218. The fourth-order valence-electron chi connectivity index (χ4n) is 3.55. The molecule has 2 amide bonds. The van der Waals surface area contributed by atoms with Crippen LogP contribution >= 0.6 is 11.3 Å². The van der Waals surface area contributed by atoms with E-state index in [9.17, 15) is 19.7 Å². The van der Waals surface area contributed by atoms with Crippen LogP contribution < -0.4 is 9.64 Å². The smallest absolute Gasteiger partial charge is 0.271 e. The van der Waals surface area contributed by atoms with Crippen molar-refractivity contribution in [2.45, 2.75) is 19.4 Å². The summed E-state index contributed by atoms with van der Waals surface area (Å²) in [6.45, 7) is 2.21. The molecule has 140 valence electrons. The Balaban J connectivity index is 1.59. The van der Waals surface area contributed by atoms with E-state index >= 15 is 0 Å². The second-order valence-corrected chi connectivity index (χ2v) is 7.49. The monoisotopic (exact) mass is 387 g/mol. The number of nitro groups is 1. The summed E-state index contributed by atoms with van der Waals surface area (Å²) in [7, 11) is 0. The van der Waals surface area contributed by atoms with Crippen LogP contribution in [0.3, 0.4) is 0 Å². The molecule has 0 radical (unpaired) electrons. The Kier molecular flexibility index (Phi) is 4.31. The molecule has 9 heteroatoms. The largest absolute Gasteiger partial charge is 0.482 e. The quantitative estimate of drug-likeness (QED) is 0.596. The van der Waals surface area contributed by atoms with Crippen molar-refractivity contribution in [1.82, 2.24) is 4.90 Å². The maximum atomic E-state index is 12.9. The van der Waals surface area contributed by atoms with E-state index in [1.807, 2.05) is 18.4 Å². The van der Waals surface area contributed by atoms with E-state index in [-0.39, 0.29) is 36.5 Å². The molecule has 2 aromatic rings. The SMILES string of the molecule is C[C@H]1c2ccsc2CCN1C(=O)CN1C(=O)COc2ccc([N+](=O)[O-])cc21. The molecule has 2 aliphatic rings. The van der Waals surface area contributed by atoms with Gasteiger partial charge < -0.3 is 9.64 Å². The number of hydrogen-bond donors (Lipinski definition) is 0. The van der Waals surface area contributed by atoms with Crippen molar-refractivity contribution in [2.24, 2.45) is 0 Å². The summed E-state index contributed by atoms with van der Waals surface area (Å²) in [6, 6.07) is 6.02. The van der Waals surface area contributed by atoms with Gasteiger partial charge in [0.1, 0.15) is 12.3 Å². The summed E-state index contributed by atoms with van der Waals surface area (Å²) < 4.78 is 5.35. The molecule has 4 rings (SSSR count). The third-order valence-electron chi connectivity index (χ3n) is 4.99. The van der Waals surface area contributed by atoms with Gasteiger partial charge in [-0.15, -0.1) is 11.3 Å². The van der Waals surface area contributed by atoms with Crippen LogP contribution in [0.15, 0.2) is 29.6 Å². The van der Waals surface area contributed by atoms with E-state index in [1.165, 1.54) is 28.0 Å². The van der Waals surface area contributed by atoms with Crippen LogP contribution in [0.2, 0.25) is 0 Å². The van der Waals surface area contributed by atoms with Gasteiger partial charge in [0.2, 0.25) is 5.91 Å². The Bertz CT molecular complexity index is 941. The number of carbonyl (C=O) groups excluding carboxylic acids is 2. The Morgan fingerprint density at radius 2 is 2.22 bits per heavy atom. The lowest BCUT2D eigenvalue weighted by molar-refractivity contribution is -0.384. The van der Waals surface area contributed by atoms with Crippen molar-refractivity contribution in [3.05, 3.63) is 50.2 Å². The summed E-state index contributed by atoms with van der Waals surface area (Å²) in [5.41, 5.74) is 1.25. The fourth-order valence-corrected chi connectivity index (χ4v) is 4.52. The minimum atomic E-state index is -0.538. The van der Waals surface area contributed by atoms with Crippen LogP contribution in [-0.2, 0) is 16.0 Å². The normalized spacial score (nSPS) is 18.6. The van der Waals surface area contributed by atoms with Gasteiger partial charge in [-0.05, 0) is 36.4 Å². The van der Waals surface area contributed by atoms with Crippen molar-refractivity contribution in [1.29, 1.82) is 0 Å². The van der Waals surface area contributed by atoms with Gasteiger partial charge in [-0.2, -0.15) is 0 Å². The van der Waals surface area contributed by atoms with E-state index in [0.717, 1.165) is 12.0 Å². The van der Waals surface area contributed by atoms with Crippen LogP contribution in [-0.4, -0.2) is 41.3 Å². The molecule has 0 spiro atoms. The maximum Gasteiger partial charge on any atom is 0.271 e. The maximum absolute atomic E-state index is 12.9. The van der Waals surface area contributed by atoms with Gasteiger partial charge in [-0.1, -0.05) is 0 Å². The molecule has 0 fully saturated rings. The van der Waals surface area contributed by atoms with E-state index in [2.05, 4.69) is 0 Å². The van der Waals surface area contributed by atoms with Gasteiger partial charge in [-0.25, -0.2) is 0 Å². The molecule has 0 saturated carbocycles. The Morgan fingerprint density at radius 1 is 1.41 bits per heavy atom. The van der Waals surface area contributed by atoms with Crippen molar-refractivity contribution < 1.29 is 19.2 Å². The van der Waals surface area contributed by atoms with Crippen molar-refractivity contribution >= 4 is 34.5 Å². The number of hydrogen-bond acceptors (Lipinski definition) is 6. The van der Waals surface area contributed by atoms with Gasteiger partial charge >= 0.3 is 0 Å². The molecule has 2 aliphatic heterocycles. The van der Waals surface area contributed by atoms with Gasteiger partial charge in [0, 0.05) is 23.6 Å². The highest BCUT2D eigenvalue weighted by Gasteiger charge is 2.33. The lowest BCUT2D eigenvalue weighted by Crippen LogP contribution is -2.48. The second kappa shape index (κ2) is 6.66. The molecule has 0 unspecified atom stereocenters. The number of nitrogens with zero attached hydrogens (tertiary/aromatic N) is 3. The van der Waals surface area contributed by atoms with Crippen LogP contribution in [0.5, 0.6) is 5.75 Å². The molecule has 0 saturated heterocycles. The van der Waals surface area contributed by atoms with Crippen LogP contribution in [0.25, 0.3) is 0 Å². The van der Waals surface area contributed by atoms with Crippen molar-refractivity contribution in [3.8, 4) is 5.75 Å². The first-order chi connectivity index (χ1) is 13.0. The molecule has 1 aromatic carbocycles. The number of thiophene rings is 1. The Hall–Kier alpha value is -2.94. The minimum Gasteiger partial charge on any atom is -0.482 e. The molecular formula is C18H17N3O5S. The molecule has 0 bridgehead atoms. The Morgan fingerprint density at radius 3 is 3.00 bits per heavy atom. The first-order valence-corrected chi connectivity index (χ1v) is 9.41. The third kappa shape index (κ3) is 3.03. The molecule has 1 aromatic heterocycles. The summed E-state index contributed by atoms with van der Waals surface area (Å²) >= 11 is 1.69. The number of carbonyl (C=O) groups is 2. The predicted octanol–water partition coefficient (Wildman–Crippen LogP) is 2.53. The number of ether oxygens (including phenoxy) is 1. The van der Waals surface area contributed by atoms with E-state index < -0.39 is 10.8 Å². The minimum absolute atomic E-state index is 0.0618. The number of nitro benzene ring substituents is 1. The molecular weight excluding hydrogens is 370 g/mol. The Labute approximate surface area is 159 Å². The molecule has 3 heterocycles. The average Bonchev–Trinajstić information content (AvgIpc) is 3.13. The summed E-state index contributed by atoms with van der Waals surface area (Å²) in [5, 5.41) is 13.1. The standard InChI is InChI=1S/C18H17N3O5S/c1-11-13-5-7-27-16(13)4-6-19(11)17(22)9-20-14-8-12(21(24)25)2-3-15(14)26-10-18(20)23/h2-3,5,7-8,11H,4,6,9-10H2,1H3/t11-/m0/s1. The van der Waals surface area contributed by atoms with Crippen molar-refractivity contribution in [2.75, 3.05) is 24.6 Å². The highest BCUT2D eigenvalue weighted by Crippen LogP contribution is 2.36. The summed E-state index contributed by atoms with van der Waals surface area (Å²) in [4.78, 5) is 40.2. The molecule has 1 atom stereocenters. The lowest BCUT2D eigenvalue weighted by Gasteiger charge is -2.36. The average molecular weight is 387 g/mol.